The van der Waals surface area contributed by atoms with Gasteiger partial charge >= 0.3 is 0 Å². The van der Waals surface area contributed by atoms with Gasteiger partial charge in [-0.2, -0.15) is 0 Å². The van der Waals surface area contributed by atoms with E-state index in [1.165, 1.54) is 0 Å². The maximum atomic E-state index is 12.5. The number of hydrogen-bond acceptors (Lipinski definition) is 2. The van der Waals surface area contributed by atoms with Crippen LogP contribution >= 0.6 is 23.2 Å². The van der Waals surface area contributed by atoms with Gasteiger partial charge in [0.2, 0.25) is 5.91 Å². The number of carbonyl (C=O) groups excluding carboxylic acids is 1. The molecule has 0 aliphatic carbocycles. The molecule has 104 valence electrons. The summed E-state index contributed by atoms with van der Waals surface area (Å²) < 4.78 is 0. The standard InChI is InChI=1S/C14H18Cl2N2O/c1-2-6-14(7-8-17-9-14)13(19)18-11-5-3-4-10(15)12(11)16/h3-5,17H,2,6-9H2,1H3,(H,18,19). The molecule has 5 heteroatoms. The second-order valence-electron chi connectivity index (χ2n) is 5.01. The summed E-state index contributed by atoms with van der Waals surface area (Å²) in [5.41, 5.74) is 0.266. The number of benzene rings is 1. The van der Waals surface area contributed by atoms with Crippen LogP contribution in [-0.2, 0) is 4.79 Å². The average molecular weight is 301 g/mol. The maximum absolute atomic E-state index is 12.5. The first-order chi connectivity index (χ1) is 9.09. The molecule has 1 aromatic carbocycles. The van der Waals surface area contributed by atoms with E-state index >= 15 is 0 Å². The Kier molecular flexibility index (Phi) is 4.71. The molecule has 1 aliphatic rings. The molecule has 2 N–H and O–H groups in total. The van der Waals surface area contributed by atoms with Gasteiger partial charge in [-0.25, -0.2) is 0 Å². The monoisotopic (exact) mass is 300 g/mol. The van der Waals surface area contributed by atoms with E-state index in [1.807, 2.05) is 0 Å². The van der Waals surface area contributed by atoms with Gasteiger partial charge in [-0.1, -0.05) is 42.6 Å². The van der Waals surface area contributed by atoms with Crippen molar-refractivity contribution in [3.05, 3.63) is 28.2 Å². The highest BCUT2D eigenvalue weighted by Crippen LogP contribution is 2.35. The van der Waals surface area contributed by atoms with Crippen LogP contribution < -0.4 is 10.6 Å². The number of hydrogen-bond donors (Lipinski definition) is 2. The third-order valence-electron chi connectivity index (χ3n) is 3.65. The van der Waals surface area contributed by atoms with Crippen LogP contribution in [0.3, 0.4) is 0 Å². The molecule has 0 bridgehead atoms. The largest absolute Gasteiger partial charge is 0.324 e. The first-order valence-electron chi connectivity index (χ1n) is 6.55. The van der Waals surface area contributed by atoms with Gasteiger partial charge in [0, 0.05) is 6.54 Å². The predicted molar refractivity (Wildman–Crippen MR) is 79.9 cm³/mol. The van der Waals surface area contributed by atoms with Crippen molar-refractivity contribution >= 4 is 34.8 Å². The van der Waals surface area contributed by atoms with Crippen LogP contribution in [0.15, 0.2) is 18.2 Å². The normalized spacial score (nSPS) is 22.5. The molecule has 1 heterocycles. The van der Waals surface area contributed by atoms with E-state index in [0.717, 1.165) is 32.4 Å². The molecule has 1 atom stereocenters. The van der Waals surface area contributed by atoms with Gasteiger partial charge in [-0.15, -0.1) is 0 Å². The Morgan fingerprint density at radius 2 is 2.26 bits per heavy atom. The molecule has 0 spiro atoms. The van der Waals surface area contributed by atoms with Crippen molar-refractivity contribution in [1.82, 2.24) is 5.32 Å². The van der Waals surface area contributed by atoms with Crippen LogP contribution in [-0.4, -0.2) is 19.0 Å². The highest BCUT2D eigenvalue weighted by molar-refractivity contribution is 6.44. The summed E-state index contributed by atoms with van der Waals surface area (Å²) in [5.74, 6) is 0.0310. The summed E-state index contributed by atoms with van der Waals surface area (Å²) in [6.07, 6.45) is 2.73. The summed E-state index contributed by atoms with van der Waals surface area (Å²) in [5, 5.41) is 7.04. The van der Waals surface area contributed by atoms with Crippen molar-refractivity contribution in [2.75, 3.05) is 18.4 Å². The maximum Gasteiger partial charge on any atom is 0.231 e. The van der Waals surface area contributed by atoms with Crippen LogP contribution in [0.4, 0.5) is 5.69 Å². The van der Waals surface area contributed by atoms with Gasteiger partial charge in [0.1, 0.15) is 0 Å². The lowest BCUT2D eigenvalue weighted by Crippen LogP contribution is -2.38. The number of anilines is 1. The highest BCUT2D eigenvalue weighted by atomic mass is 35.5. The Hall–Kier alpha value is -0.770. The average Bonchev–Trinajstić information content (AvgIpc) is 2.85. The van der Waals surface area contributed by atoms with E-state index in [1.54, 1.807) is 18.2 Å². The second kappa shape index (κ2) is 6.12. The van der Waals surface area contributed by atoms with E-state index < -0.39 is 0 Å². The summed E-state index contributed by atoms with van der Waals surface area (Å²) >= 11 is 12.1. The predicted octanol–water partition coefficient (Wildman–Crippen LogP) is 3.71. The molecule has 0 aromatic heterocycles. The molecule has 1 unspecified atom stereocenters. The molecular weight excluding hydrogens is 283 g/mol. The molecule has 0 radical (unpaired) electrons. The lowest BCUT2D eigenvalue weighted by molar-refractivity contribution is -0.125. The van der Waals surface area contributed by atoms with E-state index in [4.69, 9.17) is 23.2 Å². The van der Waals surface area contributed by atoms with Crippen molar-refractivity contribution < 1.29 is 4.79 Å². The molecule has 2 rings (SSSR count). The third kappa shape index (κ3) is 3.04. The lowest BCUT2D eigenvalue weighted by atomic mass is 9.81. The molecular formula is C14H18Cl2N2O. The molecule has 0 saturated carbocycles. The molecule has 1 aromatic rings. The number of halogens is 2. The first-order valence-corrected chi connectivity index (χ1v) is 7.31. The van der Waals surface area contributed by atoms with Crippen molar-refractivity contribution in [1.29, 1.82) is 0 Å². The van der Waals surface area contributed by atoms with Crippen LogP contribution in [0, 0.1) is 5.41 Å². The number of carbonyl (C=O) groups is 1. The van der Waals surface area contributed by atoms with Crippen LogP contribution in [0.5, 0.6) is 0 Å². The smallest absolute Gasteiger partial charge is 0.231 e. The fourth-order valence-corrected chi connectivity index (χ4v) is 2.95. The zero-order valence-corrected chi connectivity index (χ0v) is 12.4. The molecule has 19 heavy (non-hydrogen) atoms. The van der Waals surface area contributed by atoms with Crippen molar-refractivity contribution in [2.24, 2.45) is 5.41 Å². The Morgan fingerprint density at radius 1 is 1.47 bits per heavy atom. The van der Waals surface area contributed by atoms with E-state index in [-0.39, 0.29) is 11.3 Å². The van der Waals surface area contributed by atoms with Gasteiger partial charge in [-0.3, -0.25) is 4.79 Å². The molecule has 1 saturated heterocycles. The molecule has 1 amide bonds. The van der Waals surface area contributed by atoms with E-state index in [0.29, 0.717) is 15.7 Å². The van der Waals surface area contributed by atoms with Gasteiger partial charge in [-0.05, 0) is 31.5 Å². The summed E-state index contributed by atoms with van der Waals surface area (Å²) in [4.78, 5) is 12.5. The number of amides is 1. The lowest BCUT2D eigenvalue weighted by Gasteiger charge is -2.26. The minimum absolute atomic E-state index is 0.0310. The number of rotatable bonds is 4. The SMILES string of the molecule is CCCC1(C(=O)Nc2cccc(Cl)c2Cl)CCNC1. The minimum Gasteiger partial charge on any atom is -0.324 e. The summed E-state index contributed by atoms with van der Waals surface area (Å²) in [7, 11) is 0. The first kappa shape index (κ1) is 14.6. The van der Waals surface area contributed by atoms with Crippen molar-refractivity contribution in [3.63, 3.8) is 0 Å². The van der Waals surface area contributed by atoms with Crippen LogP contribution in [0.2, 0.25) is 10.0 Å². The Morgan fingerprint density at radius 3 is 2.89 bits per heavy atom. The van der Waals surface area contributed by atoms with Crippen LogP contribution in [0.1, 0.15) is 26.2 Å². The van der Waals surface area contributed by atoms with Gasteiger partial charge < -0.3 is 10.6 Å². The fraction of sp³-hybridized carbons (Fsp3) is 0.500. The zero-order chi connectivity index (χ0) is 13.9. The third-order valence-corrected chi connectivity index (χ3v) is 4.47. The van der Waals surface area contributed by atoms with E-state index in [9.17, 15) is 4.79 Å². The summed E-state index contributed by atoms with van der Waals surface area (Å²) in [6, 6.07) is 5.26. The topological polar surface area (TPSA) is 41.1 Å². The number of nitrogens with one attached hydrogen (secondary N) is 2. The van der Waals surface area contributed by atoms with Gasteiger partial charge in [0.05, 0.1) is 21.1 Å². The van der Waals surface area contributed by atoms with Crippen LogP contribution in [0.25, 0.3) is 0 Å². The second-order valence-corrected chi connectivity index (χ2v) is 5.80. The molecule has 1 fully saturated rings. The van der Waals surface area contributed by atoms with Gasteiger partial charge in [0.25, 0.3) is 0 Å². The molecule has 1 aliphatic heterocycles. The Bertz CT molecular complexity index is 471. The molecule has 3 nitrogen and oxygen atoms in total. The Labute approximate surface area is 123 Å². The Balaban J connectivity index is 2.17. The minimum atomic E-state index is -0.319. The van der Waals surface area contributed by atoms with E-state index in [2.05, 4.69) is 17.6 Å². The van der Waals surface area contributed by atoms with Gasteiger partial charge in [0.15, 0.2) is 0 Å². The summed E-state index contributed by atoms with van der Waals surface area (Å²) in [6.45, 7) is 3.71. The van der Waals surface area contributed by atoms with Crippen molar-refractivity contribution in [3.8, 4) is 0 Å². The highest BCUT2D eigenvalue weighted by Gasteiger charge is 2.40. The quantitative estimate of drug-likeness (QED) is 0.890. The fourth-order valence-electron chi connectivity index (χ4n) is 2.60. The zero-order valence-electron chi connectivity index (χ0n) is 10.9. The van der Waals surface area contributed by atoms with Crippen molar-refractivity contribution in [2.45, 2.75) is 26.2 Å².